The molecule has 0 bridgehead atoms. The normalized spacial score (nSPS) is 15.5. The summed E-state index contributed by atoms with van der Waals surface area (Å²) in [7, 11) is 0. The lowest BCUT2D eigenvalue weighted by atomic mass is 10.1. The average Bonchev–Trinajstić information content (AvgIpc) is 3.25. The van der Waals surface area contributed by atoms with E-state index in [4.69, 9.17) is 9.97 Å². The Hall–Kier alpha value is -4.00. The van der Waals surface area contributed by atoms with Gasteiger partial charge < -0.3 is 5.32 Å². The van der Waals surface area contributed by atoms with E-state index in [0.29, 0.717) is 12.2 Å². The Morgan fingerprint density at radius 1 is 1.03 bits per heavy atom. The summed E-state index contributed by atoms with van der Waals surface area (Å²) < 4.78 is 1.96. The number of nitrogens with zero attached hydrogens (tertiary/aromatic N) is 4. The van der Waals surface area contributed by atoms with Crippen LogP contribution in [0.4, 0.5) is 4.79 Å². The molecule has 5 rings (SSSR count). The number of imidazole rings is 1. The van der Waals surface area contributed by atoms with Gasteiger partial charge in [-0.1, -0.05) is 30.3 Å². The molecule has 1 aliphatic heterocycles. The topological polar surface area (TPSA) is 79.6 Å². The van der Waals surface area contributed by atoms with Crippen LogP contribution >= 0.6 is 0 Å². The summed E-state index contributed by atoms with van der Waals surface area (Å²) in [6, 6.07) is 15.4. The van der Waals surface area contributed by atoms with Gasteiger partial charge in [-0.3, -0.25) is 14.1 Å². The molecule has 7 heteroatoms. The minimum absolute atomic E-state index is 0.229. The Morgan fingerprint density at radius 3 is 2.52 bits per heavy atom. The van der Waals surface area contributed by atoms with Crippen LogP contribution in [0, 0.1) is 13.8 Å². The number of imide groups is 1. The van der Waals surface area contributed by atoms with E-state index in [-0.39, 0.29) is 11.6 Å². The van der Waals surface area contributed by atoms with Gasteiger partial charge in [0.1, 0.15) is 17.0 Å². The van der Waals surface area contributed by atoms with E-state index in [2.05, 4.69) is 12.2 Å². The quantitative estimate of drug-likeness (QED) is 0.407. The standard InChI is InChI=1S/C24H21N5O2/c1-4-28-23(30)18(26-24(28)31)13-19-21(16-8-6-5-7-9-16)27-20-11-10-17-14(2)12-15(3)25-22(17)29(19)20/h5-13H,4H2,1-3H3,(H,26,31)/b18-13-. The number of pyridine rings is 2. The molecule has 1 aromatic carbocycles. The number of hydrogen-bond acceptors (Lipinski definition) is 4. The third kappa shape index (κ3) is 2.97. The zero-order valence-corrected chi connectivity index (χ0v) is 17.5. The van der Waals surface area contributed by atoms with Gasteiger partial charge in [0.25, 0.3) is 5.91 Å². The first-order valence-electron chi connectivity index (χ1n) is 10.2. The van der Waals surface area contributed by atoms with Gasteiger partial charge in [0.15, 0.2) is 0 Å². The lowest BCUT2D eigenvalue weighted by molar-refractivity contribution is -0.122. The Morgan fingerprint density at radius 2 is 1.81 bits per heavy atom. The first-order chi connectivity index (χ1) is 15.0. The number of nitrogens with one attached hydrogen (secondary N) is 1. The second-order valence-corrected chi connectivity index (χ2v) is 7.59. The largest absolute Gasteiger partial charge is 0.328 e. The molecule has 1 fully saturated rings. The van der Waals surface area contributed by atoms with Crippen LogP contribution in [-0.2, 0) is 4.79 Å². The van der Waals surface area contributed by atoms with Crippen molar-refractivity contribution in [2.45, 2.75) is 20.8 Å². The van der Waals surface area contributed by atoms with E-state index in [1.54, 1.807) is 13.0 Å². The zero-order chi connectivity index (χ0) is 21.7. The lowest BCUT2D eigenvalue weighted by Gasteiger charge is -2.08. The fourth-order valence-electron chi connectivity index (χ4n) is 4.08. The van der Waals surface area contributed by atoms with Crippen molar-refractivity contribution in [1.82, 2.24) is 24.6 Å². The van der Waals surface area contributed by atoms with E-state index >= 15 is 0 Å². The second-order valence-electron chi connectivity index (χ2n) is 7.59. The van der Waals surface area contributed by atoms with E-state index in [1.807, 2.05) is 59.9 Å². The summed E-state index contributed by atoms with van der Waals surface area (Å²) >= 11 is 0. The highest BCUT2D eigenvalue weighted by atomic mass is 16.2. The number of carbonyl (C=O) groups excluding carboxylic acids is 2. The Bertz CT molecular complexity index is 1400. The zero-order valence-electron chi connectivity index (χ0n) is 17.5. The fourth-order valence-corrected chi connectivity index (χ4v) is 4.08. The molecule has 0 spiro atoms. The average molecular weight is 411 g/mol. The molecule has 154 valence electrons. The molecular weight excluding hydrogens is 390 g/mol. The SMILES string of the molecule is CCN1C(=O)N/C(=C\c2c(-c3ccccc3)nc3ccc4c(C)cc(C)nc4n23)C1=O. The van der Waals surface area contributed by atoms with Gasteiger partial charge in [-0.25, -0.2) is 14.8 Å². The van der Waals surface area contributed by atoms with Crippen molar-refractivity contribution in [3.05, 3.63) is 71.2 Å². The van der Waals surface area contributed by atoms with Crippen LogP contribution in [0.2, 0.25) is 0 Å². The predicted octanol–water partition coefficient (Wildman–Crippen LogP) is 4.08. The monoisotopic (exact) mass is 411 g/mol. The van der Waals surface area contributed by atoms with Crippen molar-refractivity contribution >= 4 is 34.7 Å². The molecule has 7 nitrogen and oxygen atoms in total. The summed E-state index contributed by atoms with van der Waals surface area (Å²) in [6.07, 6.45) is 1.71. The highest BCUT2D eigenvalue weighted by molar-refractivity contribution is 6.14. The van der Waals surface area contributed by atoms with Crippen molar-refractivity contribution in [1.29, 1.82) is 0 Å². The molecule has 0 unspecified atom stereocenters. The number of benzene rings is 1. The fraction of sp³-hybridized carbons (Fsp3) is 0.167. The van der Waals surface area contributed by atoms with Crippen LogP contribution in [0.25, 0.3) is 34.0 Å². The van der Waals surface area contributed by atoms with Crippen LogP contribution in [0.15, 0.2) is 54.2 Å². The predicted molar refractivity (Wildman–Crippen MR) is 119 cm³/mol. The molecule has 3 amide bonds. The molecule has 4 aromatic rings. The first-order valence-corrected chi connectivity index (χ1v) is 10.2. The molecule has 1 aliphatic rings. The van der Waals surface area contributed by atoms with Crippen molar-refractivity contribution in [3.8, 4) is 11.3 Å². The van der Waals surface area contributed by atoms with Gasteiger partial charge >= 0.3 is 6.03 Å². The maximum Gasteiger partial charge on any atom is 0.328 e. The van der Waals surface area contributed by atoms with Crippen LogP contribution in [-0.4, -0.2) is 37.8 Å². The molecule has 1 N–H and O–H groups in total. The minimum atomic E-state index is -0.413. The highest BCUT2D eigenvalue weighted by Gasteiger charge is 2.33. The van der Waals surface area contributed by atoms with Crippen molar-refractivity contribution < 1.29 is 9.59 Å². The summed E-state index contributed by atoms with van der Waals surface area (Å²) in [5.41, 5.74) is 6.06. The molecule has 0 radical (unpaired) electrons. The van der Waals surface area contributed by atoms with Gasteiger partial charge in [0.2, 0.25) is 0 Å². The van der Waals surface area contributed by atoms with Crippen LogP contribution < -0.4 is 5.32 Å². The molecule has 1 saturated heterocycles. The smallest absolute Gasteiger partial charge is 0.303 e. The third-order valence-corrected chi connectivity index (χ3v) is 5.53. The van der Waals surface area contributed by atoms with Crippen molar-refractivity contribution in [3.63, 3.8) is 0 Å². The maximum absolute atomic E-state index is 12.8. The molecule has 3 aromatic heterocycles. The Labute approximate surface area is 179 Å². The third-order valence-electron chi connectivity index (χ3n) is 5.53. The highest BCUT2D eigenvalue weighted by Crippen LogP contribution is 2.30. The van der Waals surface area contributed by atoms with Crippen LogP contribution in [0.5, 0.6) is 0 Å². The number of aromatic nitrogens is 3. The van der Waals surface area contributed by atoms with E-state index in [0.717, 1.165) is 39.2 Å². The number of aryl methyl sites for hydroxylation is 2. The molecule has 0 saturated carbocycles. The lowest BCUT2D eigenvalue weighted by Crippen LogP contribution is -2.30. The van der Waals surface area contributed by atoms with E-state index in [1.165, 1.54) is 4.90 Å². The summed E-state index contributed by atoms with van der Waals surface area (Å²) in [4.78, 5) is 35.8. The van der Waals surface area contributed by atoms with Gasteiger partial charge in [-0.05, 0) is 50.6 Å². The minimum Gasteiger partial charge on any atom is -0.303 e. The van der Waals surface area contributed by atoms with Gasteiger partial charge in [0, 0.05) is 23.2 Å². The molecule has 0 atom stereocenters. The summed E-state index contributed by atoms with van der Waals surface area (Å²) in [6.45, 7) is 6.09. The molecule has 31 heavy (non-hydrogen) atoms. The number of carbonyl (C=O) groups is 2. The summed E-state index contributed by atoms with van der Waals surface area (Å²) in [5.74, 6) is -0.345. The number of rotatable bonds is 3. The van der Waals surface area contributed by atoms with Crippen LogP contribution in [0.3, 0.4) is 0 Å². The van der Waals surface area contributed by atoms with Gasteiger partial charge in [0.05, 0.1) is 11.4 Å². The number of urea groups is 1. The summed E-state index contributed by atoms with van der Waals surface area (Å²) in [5, 5.41) is 3.70. The first kappa shape index (κ1) is 19.0. The van der Waals surface area contributed by atoms with Crippen molar-refractivity contribution in [2.24, 2.45) is 0 Å². The molecule has 0 aliphatic carbocycles. The number of fused-ring (bicyclic) bond motifs is 3. The molecule has 4 heterocycles. The van der Waals surface area contributed by atoms with Gasteiger partial charge in [-0.2, -0.15) is 0 Å². The Kier molecular flexibility index (Phi) is 4.32. The van der Waals surface area contributed by atoms with Crippen molar-refractivity contribution in [2.75, 3.05) is 6.54 Å². The Balaban J connectivity index is 1.86. The second kappa shape index (κ2) is 7.05. The van der Waals surface area contributed by atoms with Gasteiger partial charge in [-0.15, -0.1) is 0 Å². The molecular formula is C24H21N5O2. The number of hydrogen-bond donors (Lipinski definition) is 1. The maximum atomic E-state index is 12.8. The van der Waals surface area contributed by atoms with Crippen LogP contribution in [0.1, 0.15) is 23.9 Å². The number of amides is 3. The number of likely N-dealkylation sites (N-methyl/N-ethyl adjacent to an activating group) is 1. The van der Waals surface area contributed by atoms with E-state index in [9.17, 15) is 9.59 Å². The van der Waals surface area contributed by atoms with E-state index < -0.39 is 6.03 Å².